The lowest BCUT2D eigenvalue weighted by Crippen LogP contribution is -2.30. The van der Waals surface area contributed by atoms with Gasteiger partial charge in [-0.2, -0.15) is 5.10 Å². The Morgan fingerprint density at radius 1 is 1.44 bits per heavy atom. The summed E-state index contributed by atoms with van der Waals surface area (Å²) in [6, 6.07) is 2.22. The van der Waals surface area contributed by atoms with Gasteiger partial charge in [0.15, 0.2) is 0 Å². The van der Waals surface area contributed by atoms with Crippen molar-refractivity contribution in [1.82, 2.24) is 14.7 Å². The molecule has 4 nitrogen and oxygen atoms in total. The molecule has 1 aromatic rings. The molecule has 4 heteroatoms. The Labute approximate surface area is 111 Å². The van der Waals surface area contributed by atoms with Crippen molar-refractivity contribution in [1.29, 1.82) is 0 Å². The lowest BCUT2D eigenvalue weighted by atomic mass is 10.2. The zero-order valence-electron chi connectivity index (χ0n) is 12.3. The van der Waals surface area contributed by atoms with Gasteiger partial charge in [-0.3, -0.25) is 9.58 Å². The highest BCUT2D eigenvalue weighted by atomic mass is 15.3. The van der Waals surface area contributed by atoms with Gasteiger partial charge >= 0.3 is 0 Å². The van der Waals surface area contributed by atoms with Gasteiger partial charge in [0.2, 0.25) is 0 Å². The van der Waals surface area contributed by atoms with Gasteiger partial charge < -0.3 is 5.73 Å². The van der Waals surface area contributed by atoms with Crippen molar-refractivity contribution in [2.45, 2.75) is 40.2 Å². The molecular formula is C14H28N4. The molecule has 1 rings (SSSR count). The fraction of sp³-hybridized carbons (Fsp3) is 0.786. The zero-order valence-corrected chi connectivity index (χ0v) is 12.3. The van der Waals surface area contributed by atoms with Gasteiger partial charge in [0.25, 0.3) is 0 Å². The molecule has 2 N–H and O–H groups in total. The minimum Gasteiger partial charge on any atom is -0.330 e. The van der Waals surface area contributed by atoms with E-state index in [1.165, 1.54) is 11.4 Å². The molecule has 0 saturated carbocycles. The van der Waals surface area contributed by atoms with Gasteiger partial charge in [-0.15, -0.1) is 0 Å². The van der Waals surface area contributed by atoms with Crippen molar-refractivity contribution in [2.75, 3.05) is 19.6 Å². The Hall–Kier alpha value is -0.870. The number of hydrogen-bond donors (Lipinski definition) is 1. The SMILES string of the molecule is CCc1cc(CN(CCCN)CC(C)C)n(C)n1. The summed E-state index contributed by atoms with van der Waals surface area (Å²) < 4.78 is 2.01. The van der Waals surface area contributed by atoms with Crippen molar-refractivity contribution >= 4 is 0 Å². The molecule has 0 fully saturated rings. The number of aromatic nitrogens is 2. The summed E-state index contributed by atoms with van der Waals surface area (Å²) in [6.45, 7) is 10.6. The van der Waals surface area contributed by atoms with Crippen LogP contribution in [-0.2, 0) is 20.0 Å². The van der Waals surface area contributed by atoms with E-state index in [1.807, 2.05) is 11.7 Å². The van der Waals surface area contributed by atoms with Gasteiger partial charge in [0.05, 0.1) is 11.4 Å². The van der Waals surface area contributed by atoms with Crippen LogP contribution in [0.1, 0.15) is 38.6 Å². The summed E-state index contributed by atoms with van der Waals surface area (Å²) in [5.74, 6) is 0.682. The van der Waals surface area contributed by atoms with Crippen LogP contribution in [0.4, 0.5) is 0 Å². The molecule has 0 spiro atoms. The molecule has 0 aliphatic heterocycles. The smallest absolute Gasteiger partial charge is 0.0625 e. The summed E-state index contributed by atoms with van der Waals surface area (Å²) in [5, 5.41) is 4.51. The normalized spacial score (nSPS) is 11.7. The molecule has 18 heavy (non-hydrogen) atoms. The third-order valence-corrected chi connectivity index (χ3v) is 3.08. The van der Waals surface area contributed by atoms with E-state index < -0.39 is 0 Å². The average molecular weight is 252 g/mol. The second-order valence-electron chi connectivity index (χ2n) is 5.38. The summed E-state index contributed by atoms with van der Waals surface area (Å²) >= 11 is 0. The molecule has 1 aromatic heterocycles. The first-order valence-electron chi connectivity index (χ1n) is 7.01. The van der Waals surface area contributed by atoms with Crippen LogP contribution >= 0.6 is 0 Å². The molecule has 0 unspecified atom stereocenters. The van der Waals surface area contributed by atoms with Crippen LogP contribution in [0, 0.1) is 5.92 Å². The number of nitrogens with two attached hydrogens (primary N) is 1. The molecular weight excluding hydrogens is 224 g/mol. The van der Waals surface area contributed by atoms with Gasteiger partial charge in [-0.05, 0) is 37.9 Å². The van der Waals surface area contributed by atoms with E-state index in [1.54, 1.807) is 0 Å². The van der Waals surface area contributed by atoms with Crippen LogP contribution in [0.15, 0.2) is 6.07 Å². The zero-order chi connectivity index (χ0) is 13.5. The van der Waals surface area contributed by atoms with Gasteiger partial charge in [0.1, 0.15) is 0 Å². The minimum atomic E-state index is 0.682. The van der Waals surface area contributed by atoms with E-state index in [-0.39, 0.29) is 0 Å². The number of hydrogen-bond acceptors (Lipinski definition) is 3. The number of aryl methyl sites for hydroxylation is 2. The average Bonchev–Trinajstić information content (AvgIpc) is 2.66. The summed E-state index contributed by atoms with van der Waals surface area (Å²) in [6.07, 6.45) is 2.06. The van der Waals surface area contributed by atoms with Crippen molar-refractivity contribution in [2.24, 2.45) is 18.7 Å². The monoisotopic (exact) mass is 252 g/mol. The highest BCUT2D eigenvalue weighted by molar-refractivity contribution is 5.10. The van der Waals surface area contributed by atoms with Crippen LogP contribution in [0.25, 0.3) is 0 Å². The van der Waals surface area contributed by atoms with Gasteiger partial charge in [-0.25, -0.2) is 0 Å². The van der Waals surface area contributed by atoms with Crippen LogP contribution < -0.4 is 5.73 Å². The van der Waals surface area contributed by atoms with Crippen LogP contribution in [0.2, 0.25) is 0 Å². The first kappa shape index (κ1) is 15.2. The molecule has 1 heterocycles. The van der Waals surface area contributed by atoms with Crippen LogP contribution in [-0.4, -0.2) is 34.3 Å². The fourth-order valence-electron chi connectivity index (χ4n) is 2.19. The van der Waals surface area contributed by atoms with Gasteiger partial charge in [0, 0.05) is 20.1 Å². The topological polar surface area (TPSA) is 47.1 Å². The summed E-state index contributed by atoms with van der Waals surface area (Å²) in [4.78, 5) is 2.48. The molecule has 0 radical (unpaired) electrons. The van der Waals surface area contributed by atoms with E-state index >= 15 is 0 Å². The van der Waals surface area contributed by atoms with Gasteiger partial charge in [-0.1, -0.05) is 20.8 Å². The third kappa shape index (κ3) is 4.78. The number of nitrogens with zero attached hydrogens (tertiary/aromatic N) is 3. The van der Waals surface area contributed by atoms with Crippen LogP contribution in [0.5, 0.6) is 0 Å². The van der Waals surface area contributed by atoms with E-state index in [2.05, 4.69) is 36.8 Å². The maximum atomic E-state index is 5.61. The molecule has 104 valence electrons. The van der Waals surface area contributed by atoms with E-state index in [4.69, 9.17) is 5.73 Å². The molecule has 0 aliphatic rings. The molecule has 0 aliphatic carbocycles. The van der Waals surface area contributed by atoms with E-state index in [0.29, 0.717) is 5.92 Å². The first-order valence-corrected chi connectivity index (χ1v) is 7.01. The fourth-order valence-corrected chi connectivity index (χ4v) is 2.19. The van der Waals surface area contributed by atoms with Crippen LogP contribution in [0.3, 0.4) is 0 Å². The Morgan fingerprint density at radius 2 is 2.17 bits per heavy atom. The Kier molecular flexibility index (Phi) is 6.36. The quantitative estimate of drug-likeness (QED) is 0.767. The maximum absolute atomic E-state index is 5.61. The van der Waals surface area contributed by atoms with E-state index in [0.717, 1.165) is 39.0 Å². The third-order valence-electron chi connectivity index (χ3n) is 3.08. The minimum absolute atomic E-state index is 0.682. The standard InChI is InChI=1S/C14H28N4/c1-5-13-9-14(17(4)16-13)11-18(8-6-7-15)10-12(2)3/h9,12H,5-8,10-11,15H2,1-4H3. The Balaban J connectivity index is 2.65. The van der Waals surface area contributed by atoms with Crippen molar-refractivity contribution in [3.63, 3.8) is 0 Å². The highest BCUT2D eigenvalue weighted by Gasteiger charge is 2.11. The Bertz CT molecular complexity index is 344. The van der Waals surface area contributed by atoms with Crippen molar-refractivity contribution in [3.8, 4) is 0 Å². The van der Waals surface area contributed by atoms with Crippen molar-refractivity contribution < 1.29 is 0 Å². The largest absolute Gasteiger partial charge is 0.330 e. The molecule has 0 bridgehead atoms. The number of rotatable bonds is 8. The second-order valence-corrected chi connectivity index (χ2v) is 5.38. The predicted octanol–water partition coefficient (Wildman–Crippen LogP) is 1.79. The predicted molar refractivity (Wildman–Crippen MR) is 76.4 cm³/mol. The molecule has 0 amide bonds. The maximum Gasteiger partial charge on any atom is 0.0625 e. The second kappa shape index (κ2) is 7.54. The summed E-state index contributed by atoms with van der Waals surface area (Å²) in [5.41, 5.74) is 8.08. The Morgan fingerprint density at radius 3 is 2.67 bits per heavy atom. The van der Waals surface area contributed by atoms with E-state index in [9.17, 15) is 0 Å². The lowest BCUT2D eigenvalue weighted by molar-refractivity contribution is 0.229. The first-order chi connectivity index (χ1) is 8.56. The highest BCUT2D eigenvalue weighted by Crippen LogP contribution is 2.10. The summed E-state index contributed by atoms with van der Waals surface area (Å²) in [7, 11) is 2.03. The van der Waals surface area contributed by atoms with Crippen molar-refractivity contribution in [3.05, 3.63) is 17.5 Å². The molecule has 0 aromatic carbocycles. The lowest BCUT2D eigenvalue weighted by Gasteiger charge is -2.23. The molecule has 0 atom stereocenters. The molecule has 0 saturated heterocycles.